The molecule has 158 valence electrons. The first-order valence-corrected chi connectivity index (χ1v) is 11.2. The molecule has 0 saturated carbocycles. The number of rotatable bonds is 6. The molecule has 2 aliphatic heterocycles. The second-order valence-electron chi connectivity index (χ2n) is 8.33. The minimum atomic E-state index is -0.0736. The minimum absolute atomic E-state index is 0.0736. The summed E-state index contributed by atoms with van der Waals surface area (Å²) >= 11 is 0. The van der Waals surface area contributed by atoms with Crippen molar-refractivity contribution >= 4 is 17.5 Å². The van der Waals surface area contributed by atoms with Crippen LogP contribution in [-0.2, 0) is 24.3 Å². The van der Waals surface area contributed by atoms with E-state index in [-0.39, 0.29) is 11.8 Å². The molecule has 1 saturated heterocycles. The predicted molar refractivity (Wildman–Crippen MR) is 120 cm³/mol. The summed E-state index contributed by atoms with van der Waals surface area (Å²) in [5.74, 6) is 0.0603. The average Bonchev–Trinajstić information content (AvgIpc) is 3.22. The SMILES string of the molecule is CCC(=O)N1CCc2cc(C(=O)NCc3ccc(CN4CCCCC4)cc3)ccc21. The Balaban J connectivity index is 1.32. The Kier molecular flexibility index (Phi) is 6.48. The summed E-state index contributed by atoms with van der Waals surface area (Å²) in [6.07, 6.45) is 5.27. The van der Waals surface area contributed by atoms with E-state index in [1.165, 1.54) is 37.9 Å². The van der Waals surface area contributed by atoms with E-state index in [0.29, 0.717) is 25.1 Å². The molecule has 2 aliphatic rings. The zero-order valence-electron chi connectivity index (χ0n) is 17.8. The van der Waals surface area contributed by atoms with Gasteiger partial charge in [0, 0.05) is 37.3 Å². The smallest absolute Gasteiger partial charge is 0.251 e. The lowest BCUT2D eigenvalue weighted by Gasteiger charge is -2.26. The molecule has 2 amide bonds. The molecule has 5 heteroatoms. The van der Waals surface area contributed by atoms with Crippen LogP contribution in [0.2, 0.25) is 0 Å². The van der Waals surface area contributed by atoms with Crippen LogP contribution >= 0.6 is 0 Å². The molecule has 5 nitrogen and oxygen atoms in total. The van der Waals surface area contributed by atoms with Crippen LogP contribution in [0.15, 0.2) is 42.5 Å². The van der Waals surface area contributed by atoms with Gasteiger partial charge in [0.15, 0.2) is 0 Å². The van der Waals surface area contributed by atoms with Gasteiger partial charge in [-0.05, 0) is 67.2 Å². The zero-order chi connectivity index (χ0) is 20.9. The number of likely N-dealkylation sites (tertiary alicyclic amines) is 1. The molecular formula is C25H31N3O2. The monoisotopic (exact) mass is 405 g/mol. The second-order valence-corrected chi connectivity index (χ2v) is 8.33. The maximum absolute atomic E-state index is 12.6. The van der Waals surface area contributed by atoms with Crippen LogP contribution in [0.25, 0.3) is 0 Å². The lowest BCUT2D eigenvalue weighted by molar-refractivity contribution is -0.118. The summed E-state index contributed by atoms with van der Waals surface area (Å²) in [7, 11) is 0. The van der Waals surface area contributed by atoms with Crippen LogP contribution in [0.5, 0.6) is 0 Å². The van der Waals surface area contributed by atoms with E-state index in [1.54, 1.807) is 0 Å². The molecule has 4 rings (SSSR count). The minimum Gasteiger partial charge on any atom is -0.348 e. The number of carbonyl (C=O) groups is 2. The van der Waals surface area contributed by atoms with E-state index >= 15 is 0 Å². The van der Waals surface area contributed by atoms with Gasteiger partial charge < -0.3 is 10.2 Å². The zero-order valence-corrected chi connectivity index (χ0v) is 17.8. The molecule has 0 unspecified atom stereocenters. The molecule has 0 spiro atoms. The Morgan fingerprint density at radius 1 is 0.933 bits per heavy atom. The highest BCUT2D eigenvalue weighted by molar-refractivity contribution is 5.98. The van der Waals surface area contributed by atoms with Crippen molar-refractivity contribution in [2.75, 3.05) is 24.5 Å². The van der Waals surface area contributed by atoms with Gasteiger partial charge in [-0.25, -0.2) is 0 Å². The third-order valence-corrected chi connectivity index (χ3v) is 6.17. The number of nitrogens with zero attached hydrogens (tertiary/aromatic N) is 2. The molecule has 2 aromatic carbocycles. The standard InChI is InChI=1S/C25H31N3O2/c1-2-24(29)28-15-12-21-16-22(10-11-23(21)28)25(30)26-17-19-6-8-20(9-7-19)18-27-13-4-3-5-14-27/h6-11,16H,2-5,12-15,17-18H2,1H3,(H,26,30). The number of carbonyl (C=O) groups excluding carboxylic acids is 2. The van der Waals surface area contributed by atoms with E-state index in [9.17, 15) is 9.59 Å². The van der Waals surface area contributed by atoms with Crippen LogP contribution in [0, 0.1) is 0 Å². The Labute approximate surface area is 179 Å². The summed E-state index contributed by atoms with van der Waals surface area (Å²) in [5.41, 5.74) is 5.11. The van der Waals surface area contributed by atoms with Crippen molar-refractivity contribution in [3.05, 3.63) is 64.7 Å². The summed E-state index contributed by atoms with van der Waals surface area (Å²) in [5, 5.41) is 3.02. The van der Waals surface area contributed by atoms with Gasteiger partial charge in [0.1, 0.15) is 0 Å². The average molecular weight is 406 g/mol. The van der Waals surface area contributed by atoms with Crippen molar-refractivity contribution in [2.45, 2.75) is 52.1 Å². The third kappa shape index (κ3) is 4.73. The lowest BCUT2D eigenvalue weighted by atomic mass is 10.1. The molecular weight excluding hydrogens is 374 g/mol. The van der Waals surface area contributed by atoms with Crippen molar-refractivity contribution < 1.29 is 9.59 Å². The van der Waals surface area contributed by atoms with Gasteiger partial charge in [-0.2, -0.15) is 0 Å². The van der Waals surface area contributed by atoms with Gasteiger partial charge in [0.2, 0.25) is 5.91 Å². The lowest BCUT2D eigenvalue weighted by Crippen LogP contribution is -2.29. The molecule has 0 bridgehead atoms. The van der Waals surface area contributed by atoms with Crippen LogP contribution in [-0.4, -0.2) is 36.3 Å². The van der Waals surface area contributed by atoms with Gasteiger partial charge in [0.05, 0.1) is 0 Å². The maximum Gasteiger partial charge on any atom is 0.251 e. The highest BCUT2D eigenvalue weighted by atomic mass is 16.2. The summed E-state index contributed by atoms with van der Waals surface area (Å²) < 4.78 is 0. The van der Waals surface area contributed by atoms with Gasteiger partial charge in [-0.1, -0.05) is 37.6 Å². The van der Waals surface area contributed by atoms with Crippen molar-refractivity contribution in [1.82, 2.24) is 10.2 Å². The van der Waals surface area contributed by atoms with Crippen molar-refractivity contribution in [3.8, 4) is 0 Å². The molecule has 30 heavy (non-hydrogen) atoms. The normalized spacial score (nSPS) is 16.4. The third-order valence-electron chi connectivity index (χ3n) is 6.17. The number of anilines is 1. The number of hydrogen-bond donors (Lipinski definition) is 1. The molecule has 1 N–H and O–H groups in total. The van der Waals surface area contributed by atoms with E-state index in [4.69, 9.17) is 0 Å². The van der Waals surface area contributed by atoms with Gasteiger partial charge in [-0.3, -0.25) is 14.5 Å². The van der Waals surface area contributed by atoms with Crippen molar-refractivity contribution in [1.29, 1.82) is 0 Å². The fraction of sp³-hybridized carbons (Fsp3) is 0.440. The largest absolute Gasteiger partial charge is 0.348 e. The molecule has 0 aliphatic carbocycles. The Morgan fingerprint density at radius 2 is 1.67 bits per heavy atom. The van der Waals surface area contributed by atoms with Gasteiger partial charge >= 0.3 is 0 Å². The second kappa shape index (κ2) is 9.43. The van der Waals surface area contributed by atoms with E-state index in [0.717, 1.165) is 29.8 Å². The number of piperidine rings is 1. The van der Waals surface area contributed by atoms with Crippen LogP contribution in [0.3, 0.4) is 0 Å². The van der Waals surface area contributed by atoms with Crippen LogP contribution in [0.1, 0.15) is 59.7 Å². The van der Waals surface area contributed by atoms with E-state index in [2.05, 4.69) is 34.5 Å². The predicted octanol–water partition coefficient (Wildman–Crippen LogP) is 3.90. The first-order valence-electron chi connectivity index (χ1n) is 11.2. The topological polar surface area (TPSA) is 52.7 Å². The van der Waals surface area contributed by atoms with Gasteiger partial charge in [-0.15, -0.1) is 0 Å². The molecule has 2 aromatic rings. The Bertz CT molecular complexity index is 901. The first kappa shape index (κ1) is 20.6. The van der Waals surface area contributed by atoms with Gasteiger partial charge in [0.25, 0.3) is 5.91 Å². The van der Waals surface area contributed by atoms with Crippen molar-refractivity contribution in [2.24, 2.45) is 0 Å². The quantitative estimate of drug-likeness (QED) is 0.793. The highest BCUT2D eigenvalue weighted by Crippen LogP contribution is 2.29. The fourth-order valence-electron chi connectivity index (χ4n) is 4.42. The fourth-order valence-corrected chi connectivity index (χ4v) is 4.42. The summed E-state index contributed by atoms with van der Waals surface area (Å²) in [6.45, 7) is 6.50. The molecule has 2 heterocycles. The number of fused-ring (bicyclic) bond motifs is 1. The Morgan fingerprint density at radius 3 is 2.40 bits per heavy atom. The molecule has 1 fully saturated rings. The number of benzene rings is 2. The first-order chi connectivity index (χ1) is 14.6. The number of nitrogens with one attached hydrogen (secondary N) is 1. The molecule has 0 atom stereocenters. The highest BCUT2D eigenvalue weighted by Gasteiger charge is 2.24. The molecule has 0 aromatic heterocycles. The van der Waals surface area contributed by atoms with E-state index < -0.39 is 0 Å². The maximum atomic E-state index is 12.6. The van der Waals surface area contributed by atoms with E-state index in [1.807, 2.05) is 30.0 Å². The molecule has 0 radical (unpaired) electrons. The Hall–Kier alpha value is -2.66. The summed E-state index contributed by atoms with van der Waals surface area (Å²) in [6, 6.07) is 14.2. The number of amides is 2. The van der Waals surface area contributed by atoms with Crippen LogP contribution < -0.4 is 10.2 Å². The van der Waals surface area contributed by atoms with Crippen molar-refractivity contribution in [3.63, 3.8) is 0 Å². The van der Waals surface area contributed by atoms with Crippen LogP contribution in [0.4, 0.5) is 5.69 Å². The summed E-state index contributed by atoms with van der Waals surface area (Å²) in [4.78, 5) is 29.0. The number of hydrogen-bond acceptors (Lipinski definition) is 3.